The summed E-state index contributed by atoms with van der Waals surface area (Å²) in [6.45, 7) is 7.35. The third-order valence-electron chi connectivity index (χ3n) is 6.73. The Balaban J connectivity index is 0.00000342. The molecule has 1 aliphatic heterocycles. The molecule has 1 amide bonds. The van der Waals surface area contributed by atoms with Crippen molar-refractivity contribution in [2.45, 2.75) is 45.6 Å². The molecule has 0 aliphatic carbocycles. The summed E-state index contributed by atoms with van der Waals surface area (Å²) in [5.74, 6) is 0.620. The summed E-state index contributed by atoms with van der Waals surface area (Å²) < 4.78 is 5.59. The van der Waals surface area contributed by atoms with Crippen LogP contribution in [0, 0.1) is 5.92 Å². The van der Waals surface area contributed by atoms with Crippen molar-refractivity contribution in [2.75, 3.05) is 19.3 Å². The van der Waals surface area contributed by atoms with Gasteiger partial charge in [0.1, 0.15) is 28.8 Å². The SMILES string of the molecule is CC(C)(C)OC(=O)N1CCC(CC[P+](c2ccccc2)(c2ccccc2)c2ccccc2)CC1.[I-]. The third-order valence-corrected chi connectivity index (χ3v) is 11.2. The minimum absolute atomic E-state index is 0. The lowest BCUT2D eigenvalue weighted by Gasteiger charge is -2.34. The molecular formula is C30H37INO2P. The molecule has 0 unspecified atom stereocenters. The highest BCUT2D eigenvalue weighted by Gasteiger charge is 2.45. The molecule has 0 bridgehead atoms. The first-order valence-corrected chi connectivity index (χ1v) is 14.4. The van der Waals surface area contributed by atoms with Crippen molar-refractivity contribution in [3.8, 4) is 0 Å². The van der Waals surface area contributed by atoms with Crippen LogP contribution in [0.2, 0.25) is 0 Å². The van der Waals surface area contributed by atoms with Gasteiger partial charge in [-0.1, -0.05) is 54.6 Å². The second-order valence-corrected chi connectivity index (χ2v) is 13.9. The highest BCUT2D eigenvalue weighted by molar-refractivity contribution is 7.95. The third kappa shape index (κ3) is 6.86. The minimum atomic E-state index is -1.79. The molecule has 5 heteroatoms. The highest BCUT2D eigenvalue weighted by atomic mass is 127. The quantitative estimate of drug-likeness (QED) is 0.322. The van der Waals surface area contributed by atoms with Crippen molar-refractivity contribution in [3.05, 3.63) is 91.0 Å². The first-order chi connectivity index (χ1) is 16.4. The van der Waals surface area contributed by atoms with Crippen LogP contribution in [-0.2, 0) is 4.74 Å². The number of amides is 1. The van der Waals surface area contributed by atoms with E-state index >= 15 is 0 Å². The standard InChI is InChI=1S/C30H37NO2P.HI/c1-30(2,3)33-29(32)31-22-19-25(20-23-31)21-24-34(26-13-7-4-8-14-26,27-15-9-5-10-16-27)28-17-11-6-12-18-28;/h4-18,25H,19-24H2,1-3H3;1H/q+1;/p-1. The van der Waals surface area contributed by atoms with E-state index in [9.17, 15) is 4.79 Å². The van der Waals surface area contributed by atoms with E-state index in [4.69, 9.17) is 4.74 Å². The van der Waals surface area contributed by atoms with Gasteiger partial charge in [-0.3, -0.25) is 0 Å². The van der Waals surface area contributed by atoms with Crippen LogP contribution in [0.1, 0.15) is 40.0 Å². The van der Waals surface area contributed by atoms with E-state index < -0.39 is 12.9 Å². The van der Waals surface area contributed by atoms with Gasteiger partial charge in [-0.15, -0.1) is 0 Å². The number of nitrogens with zero attached hydrogens (tertiary/aromatic N) is 1. The molecule has 3 aromatic rings. The molecule has 1 saturated heterocycles. The molecule has 0 radical (unpaired) electrons. The van der Waals surface area contributed by atoms with Gasteiger partial charge in [-0.2, -0.15) is 0 Å². The van der Waals surface area contributed by atoms with Gasteiger partial charge in [-0.05, 0) is 82.3 Å². The van der Waals surface area contributed by atoms with Gasteiger partial charge in [0.05, 0.1) is 6.16 Å². The summed E-state index contributed by atoms with van der Waals surface area (Å²) >= 11 is 0. The van der Waals surface area contributed by atoms with E-state index in [1.165, 1.54) is 15.9 Å². The molecule has 3 nitrogen and oxygen atoms in total. The first kappa shape index (κ1) is 27.7. The number of hydrogen-bond acceptors (Lipinski definition) is 2. The predicted octanol–water partition coefficient (Wildman–Crippen LogP) is 3.02. The van der Waals surface area contributed by atoms with Gasteiger partial charge in [0, 0.05) is 13.1 Å². The average molecular weight is 602 g/mol. The predicted molar refractivity (Wildman–Crippen MR) is 145 cm³/mol. The smallest absolute Gasteiger partial charge is 0.410 e. The molecule has 0 atom stereocenters. The summed E-state index contributed by atoms with van der Waals surface area (Å²) in [5.41, 5.74) is -0.445. The van der Waals surface area contributed by atoms with Gasteiger partial charge >= 0.3 is 6.09 Å². The Hall–Kier alpha value is -1.91. The number of likely N-dealkylation sites (tertiary alicyclic amines) is 1. The lowest BCUT2D eigenvalue weighted by atomic mass is 9.94. The summed E-state index contributed by atoms with van der Waals surface area (Å²) in [7, 11) is -1.79. The number of halogens is 1. The van der Waals surface area contributed by atoms with Gasteiger partial charge in [0.15, 0.2) is 0 Å². The lowest BCUT2D eigenvalue weighted by molar-refractivity contribution is -0.0000632. The molecule has 4 rings (SSSR count). The molecular weight excluding hydrogens is 564 g/mol. The van der Waals surface area contributed by atoms with Crippen LogP contribution in [0.4, 0.5) is 4.79 Å². The largest absolute Gasteiger partial charge is 1.00 e. The Morgan fingerprint density at radius 3 is 1.57 bits per heavy atom. The number of carbonyl (C=O) groups is 1. The fourth-order valence-electron chi connectivity index (χ4n) is 4.99. The van der Waals surface area contributed by atoms with Crippen molar-refractivity contribution in [1.82, 2.24) is 4.90 Å². The van der Waals surface area contributed by atoms with Gasteiger partial charge in [0.25, 0.3) is 0 Å². The van der Waals surface area contributed by atoms with Crippen molar-refractivity contribution in [1.29, 1.82) is 0 Å². The summed E-state index contributed by atoms with van der Waals surface area (Å²) in [6.07, 6.45) is 4.21. The molecule has 0 N–H and O–H groups in total. The number of rotatable bonds is 6. The normalized spacial score (nSPS) is 14.8. The summed E-state index contributed by atoms with van der Waals surface area (Å²) in [4.78, 5) is 14.4. The zero-order valence-corrected chi connectivity index (χ0v) is 24.1. The molecule has 0 aromatic heterocycles. The first-order valence-electron chi connectivity index (χ1n) is 12.4. The Morgan fingerprint density at radius 2 is 1.20 bits per heavy atom. The number of piperidine rings is 1. The highest BCUT2D eigenvalue weighted by Crippen LogP contribution is 2.56. The van der Waals surface area contributed by atoms with Crippen molar-refractivity contribution in [3.63, 3.8) is 0 Å². The fourth-order valence-corrected chi connectivity index (χ4v) is 9.45. The molecule has 1 aliphatic rings. The van der Waals surface area contributed by atoms with E-state index in [0.717, 1.165) is 38.5 Å². The van der Waals surface area contributed by atoms with E-state index in [-0.39, 0.29) is 30.1 Å². The second kappa shape index (κ2) is 12.4. The maximum Gasteiger partial charge on any atom is 0.410 e. The lowest BCUT2D eigenvalue weighted by Crippen LogP contribution is -3.00. The van der Waals surface area contributed by atoms with Crippen molar-refractivity contribution in [2.24, 2.45) is 5.92 Å². The molecule has 1 fully saturated rings. The summed E-state index contributed by atoms with van der Waals surface area (Å²) in [5, 5.41) is 4.33. The summed E-state index contributed by atoms with van der Waals surface area (Å²) in [6, 6.07) is 33.3. The molecule has 35 heavy (non-hydrogen) atoms. The van der Waals surface area contributed by atoms with Gasteiger partial charge in [0.2, 0.25) is 0 Å². The maximum atomic E-state index is 12.5. The van der Waals surface area contributed by atoms with E-state index in [2.05, 4.69) is 91.0 Å². The van der Waals surface area contributed by atoms with Crippen LogP contribution in [-0.4, -0.2) is 35.8 Å². The average Bonchev–Trinajstić information content (AvgIpc) is 2.86. The zero-order valence-electron chi connectivity index (χ0n) is 21.1. The zero-order chi connectivity index (χ0) is 24.0. The van der Waals surface area contributed by atoms with Crippen molar-refractivity contribution < 1.29 is 33.5 Å². The Morgan fingerprint density at radius 1 is 0.800 bits per heavy atom. The van der Waals surface area contributed by atoms with E-state index in [0.29, 0.717) is 5.92 Å². The van der Waals surface area contributed by atoms with Crippen LogP contribution in [0.5, 0.6) is 0 Å². The monoisotopic (exact) mass is 601 g/mol. The maximum absolute atomic E-state index is 12.5. The molecule has 186 valence electrons. The Labute approximate surface area is 228 Å². The molecule has 1 heterocycles. The number of ether oxygens (including phenoxy) is 1. The Bertz CT molecular complexity index is 949. The van der Waals surface area contributed by atoms with Crippen LogP contribution >= 0.6 is 7.26 Å². The van der Waals surface area contributed by atoms with Gasteiger partial charge in [-0.25, -0.2) is 4.79 Å². The second-order valence-electron chi connectivity index (χ2n) is 10.2. The van der Waals surface area contributed by atoms with Crippen molar-refractivity contribution >= 4 is 29.3 Å². The van der Waals surface area contributed by atoms with Crippen LogP contribution in [0.15, 0.2) is 91.0 Å². The topological polar surface area (TPSA) is 29.5 Å². The molecule has 0 spiro atoms. The fraction of sp³-hybridized carbons (Fsp3) is 0.367. The van der Waals surface area contributed by atoms with Gasteiger partial charge < -0.3 is 33.6 Å². The minimum Gasteiger partial charge on any atom is -1.00 e. The van der Waals surface area contributed by atoms with Crippen LogP contribution in [0.25, 0.3) is 0 Å². The Kier molecular flexibility index (Phi) is 9.77. The molecule has 3 aromatic carbocycles. The molecule has 0 saturated carbocycles. The number of hydrogen-bond donors (Lipinski definition) is 0. The number of carbonyl (C=O) groups excluding carboxylic acids is 1. The van der Waals surface area contributed by atoms with Crippen LogP contribution < -0.4 is 39.9 Å². The van der Waals surface area contributed by atoms with Crippen LogP contribution in [0.3, 0.4) is 0 Å². The van der Waals surface area contributed by atoms with E-state index in [1.54, 1.807) is 0 Å². The number of benzene rings is 3. The van der Waals surface area contributed by atoms with E-state index in [1.807, 2.05) is 25.7 Å².